The van der Waals surface area contributed by atoms with Crippen molar-refractivity contribution in [2.45, 2.75) is 13.0 Å². The Morgan fingerprint density at radius 1 is 1.21 bits per heavy atom. The van der Waals surface area contributed by atoms with Crippen LogP contribution in [0.1, 0.15) is 20.9 Å². The van der Waals surface area contributed by atoms with Gasteiger partial charge in [0.2, 0.25) is 0 Å². The molecule has 0 fully saturated rings. The minimum Gasteiger partial charge on any atom is -0.333 e. The number of thiazole rings is 1. The van der Waals surface area contributed by atoms with E-state index in [1.165, 1.54) is 17.4 Å². The maximum absolute atomic E-state index is 14.0. The molecule has 1 aromatic carbocycles. The van der Waals surface area contributed by atoms with Crippen LogP contribution in [0.3, 0.4) is 0 Å². The Hall–Kier alpha value is -2.60. The molecule has 0 spiro atoms. The van der Waals surface area contributed by atoms with Crippen LogP contribution in [-0.2, 0) is 13.0 Å². The number of hydrogen-bond donors (Lipinski definition) is 0. The first-order valence-electron chi connectivity index (χ1n) is 7.65. The summed E-state index contributed by atoms with van der Waals surface area (Å²) in [7, 11) is 0. The van der Waals surface area contributed by atoms with Crippen LogP contribution in [-0.4, -0.2) is 27.3 Å². The normalized spacial score (nSPS) is 13.6. The summed E-state index contributed by atoms with van der Waals surface area (Å²) in [6.07, 6.45) is 3.91. The van der Waals surface area contributed by atoms with E-state index in [2.05, 4.69) is 9.97 Å². The van der Waals surface area contributed by atoms with Crippen molar-refractivity contribution in [3.05, 3.63) is 70.7 Å². The number of fused-ring (bicyclic) bond motifs is 1. The van der Waals surface area contributed by atoms with Crippen molar-refractivity contribution >= 4 is 17.2 Å². The highest BCUT2D eigenvalue weighted by Crippen LogP contribution is 2.33. The van der Waals surface area contributed by atoms with Crippen molar-refractivity contribution in [3.8, 4) is 10.6 Å². The van der Waals surface area contributed by atoms with Gasteiger partial charge in [-0.25, -0.2) is 9.37 Å². The lowest BCUT2D eigenvalue weighted by Gasteiger charge is -2.26. The second-order valence-corrected chi connectivity index (χ2v) is 6.67. The van der Waals surface area contributed by atoms with Gasteiger partial charge >= 0.3 is 0 Å². The van der Waals surface area contributed by atoms with Gasteiger partial charge in [-0.3, -0.25) is 9.78 Å². The molecule has 3 heterocycles. The molecule has 0 atom stereocenters. The molecule has 0 bridgehead atoms. The van der Waals surface area contributed by atoms with Crippen molar-refractivity contribution in [2.75, 3.05) is 6.54 Å². The van der Waals surface area contributed by atoms with Crippen molar-refractivity contribution < 1.29 is 9.18 Å². The summed E-state index contributed by atoms with van der Waals surface area (Å²) >= 11 is 1.46. The van der Waals surface area contributed by atoms with E-state index in [9.17, 15) is 9.18 Å². The van der Waals surface area contributed by atoms with E-state index in [-0.39, 0.29) is 11.7 Å². The lowest BCUT2D eigenvalue weighted by Crippen LogP contribution is -2.35. The van der Waals surface area contributed by atoms with E-state index >= 15 is 0 Å². The minimum atomic E-state index is -0.271. The highest BCUT2D eigenvalue weighted by atomic mass is 32.1. The second-order valence-electron chi connectivity index (χ2n) is 5.59. The predicted molar refractivity (Wildman–Crippen MR) is 90.2 cm³/mol. The van der Waals surface area contributed by atoms with Crippen LogP contribution in [0.4, 0.5) is 4.39 Å². The zero-order valence-electron chi connectivity index (χ0n) is 12.8. The monoisotopic (exact) mass is 339 g/mol. The number of hydrogen-bond acceptors (Lipinski definition) is 4. The second kappa shape index (κ2) is 6.13. The van der Waals surface area contributed by atoms with Gasteiger partial charge in [0.25, 0.3) is 5.91 Å². The SMILES string of the molecule is O=C(c1cccnc1)N1CCc2nc(-c3ccccc3F)sc2C1. The number of aromatic nitrogens is 2. The van der Waals surface area contributed by atoms with Crippen LogP contribution < -0.4 is 0 Å². The molecule has 120 valence electrons. The first-order chi connectivity index (χ1) is 11.7. The van der Waals surface area contributed by atoms with E-state index in [1.807, 2.05) is 0 Å². The van der Waals surface area contributed by atoms with E-state index in [1.54, 1.807) is 47.6 Å². The molecule has 3 aromatic rings. The standard InChI is InChI=1S/C18H14FN3OS/c19-14-6-2-1-5-13(14)17-21-15-7-9-22(11-16(15)24-17)18(23)12-4-3-8-20-10-12/h1-6,8,10H,7,9,11H2. The smallest absolute Gasteiger partial charge is 0.255 e. The molecule has 0 saturated carbocycles. The van der Waals surface area contributed by atoms with Crippen LogP contribution in [0.25, 0.3) is 10.6 Å². The molecule has 1 aliphatic heterocycles. The minimum absolute atomic E-state index is 0.0328. The molecule has 1 aliphatic rings. The van der Waals surface area contributed by atoms with E-state index in [0.717, 1.165) is 10.6 Å². The molecule has 6 heteroatoms. The fourth-order valence-corrected chi connectivity index (χ4v) is 3.94. The Morgan fingerprint density at radius 3 is 2.88 bits per heavy atom. The number of carbonyl (C=O) groups is 1. The molecule has 24 heavy (non-hydrogen) atoms. The fourth-order valence-electron chi connectivity index (χ4n) is 2.79. The summed E-state index contributed by atoms with van der Waals surface area (Å²) in [4.78, 5) is 23.9. The Labute approximate surface area is 142 Å². The van der Waals surface area contributed by atoms with Crippen molar-refractivity contribution in [3.63, 3.8) is 0 Å². The summed E-state index contributed by atoms with van der Waals surface area (Å²) in [5, 5.41) is 0.675. The molecule has 0 saturated heterocycles. The topological polar surface area (TPSA) is 46.1 Å². The number of rotatable bonds is 2. The van der Waals surface area contributed by atoms with Crippen molar-refractivity contribution in [1.29, 1.82) is 0 Å². The molecule has 4 nitrogen and oxygen atoms in total. The van der Waals surface area contributed by atoms with Crippen LogP contribution in [0.5, 0.6) is 0 Å². The molecule has 1 amide bonds. The summed E-state index contributed by atoms with van der Waals surface area (Å²) < 4.78 is 14.0. The van der Waals surface area contributed by atoms with E-state index in [0.29, 0.717) is 35.6 Å². The number of nitrogens with zero attached hydrogens (tertiary/aromatic N) is 3. The van der Waals surface area contributed by atoms with Gasteiger partial charge in [0.15, 0.2) is 0 Å². The average Bonchev–Trinajstić information content (AvgIpc) is 3.05. The van der Waals surface area contributed by atoms with Gasteiger partial charge in [-0.1, -0.05) is 12.1 Å². The fraction of sp³-hybridized carbons (Fsp3) is 0.167. The Kier molecular flexibility index (Phi) is 3.82. The van der Waals surface area contributed by atoms with Gasteiger partial charge in [-0.15, -0.1) is 11.3 Å². The van der Waals surface area contributed by atoms with Gasteiger partial charge in [-0.2, -0.15) is 0 Å². The van der Waals surface area contributed by atoms with Crippen molar-refractivity contribution in [1.82, 2.24) is 14.9 Å². The molecule has 2 aromatic heterocycles. The summed E-state index contributed by atoms with van der Waals surface area (Å²) in [6.45, 7) is 1.12. The Balaban J connectivity index is 1.60. The molecule has 4 rings (SSSR count). The van der Waals surface area contributed by atoms with Crippen LogP contribution in [0, 0.1) is 5.82 Å². The number of halogens is 1. The first kappa shape index (κ1) is 15.0. The lowest BCUT2D eigenvalue weighted by molar-refractivity contribution is 0.0736. The third-order valence-corrected chi connectivity index (χ3v) is 5.15. The quantitative estimate of drug-likeness (QED) is 0.717. The zero-order valence-corrected chi connectivity index (χ0v) is 13.6. The summed E-state index contributed by atoms with van der Waals surface area (Å²) in [5.41, 5.74) is 2.07. The highest BCUT2D eigenvalue weighted by Gasteiger charge is 2.25. The maximum Gasteiger partial charge on any atom is 0.255 e. The van der Waals surface area contributed by atoms with E-state index < -0.39 is 0 Å². The average molecular weight is 339 g/mol. The molecule has 0 N–H and O–H groups in total. The number of amides is 1. The number of pyridine rings is 1. The van der Waals surface area contributed by atoms with Gasteiger partial charge in [0.1, 0.15) is 10.8 Å². The van der Waals surface area contributed by atoms with Gasteiger partial charge in [0.05, 0.1) is 17.8 Å². The van der Waals surface area contributed by atoms with Crippen LogP contribution >= 0.6 is 11.3 Å². The molecule has 0 radical (unpaired) electrons. The Morgan fingerprint density at radius 2 is 2.08 bits per heavy atom. The third kappa shape index (κ3) is 2.69. The predicted octanol–water partition coefficient (Wildman–Crippen LogP) is 3.54. The third-order valence-electron chi connectivity index (χ3n) is 4.03. The van der Waals surface area contributed by atoms with Crippen LogP contribution in [0.2, 0.25) is 0 Å². The molecule has 0 aliphatic carbocycles. The molecule has 0 unspecified atom stereocenters. The van der Waals surface area contributed by atoms with Crippen molar-refractivity contribution in [2.24, 2.45) is 0 Å². The number of carbonyl (C=O) groups excluding carboxylic acids is 1. The largest absolute Gasteiger partial charge is 0.333 e. The van der Waals surface area contributed by atoms with Gasteiger partial charge < -0.3 is 4.90 Å². The van der Waals surface area contributed by atoms with Gasteiger partial charge in [0, 0.05) is 35.8 Å². The lowest BCUT2D eigenvalue weighted by atomic mass is 10.1. The molecular weight excluding hydrogens is 325 g/mol. The zero-order chi connectivity index (χ0) is 16.5. The number of benzene rings is 1. The van der Waals surface area contributed by atoms with E-state index in [4.69, 9.17) is 0 Å². The Bertz CT molecular complexity index is 894. The summed E-state index contributed by atoms with van der Waals surface area (Å²) in [6, 6.07) is 10.2. The van der Waals surface area contributed by atoms with Gasteiger partial charge in [-0.05, 0) is 24.3 Å². The van der Waals surface area contributed by atoms with Crippen LogP contribution in [0.15, 0.2) is 48.8 Å². The highest BCUT2D eigenvalue weighted by molar-refractivity contribution is 7.15. The maximum atomic E-state index is 14.0. The molecular formula is C18H14FN3OS. The first-order valence-corrected chi connectivity index (χ1v) is 8.47. The summed E-state index contributed by atoms with van der Waals surface area (Å²) in [5.74, 6) is -0.304.